The van der Waals surface area contributed by atoms with Crippen LogP contribution < -0.4 is 5.32 Å². The fourth-order valence-electron chi connectivity index (χ4n) is 4.02. The van der Waals surface area contributed by atoms with Gasteiger partial charge in [-0.1, -0.05) is 24.4 Å². The third-order valence-corrected chi connectivity index (χ3v) is 5.11. The second-order valence-electron chi connectivity index (χ2n) is 8.13. The Bertz CT molecular complexity index is 591. The highest BCUT2D eigenvalue weighted by molar-refractivity contribution is 5.95. The molecule has 24 heavy (non-hydrogen) atoms. The van der Waals surface area contributed by atoms with Gasteiger partial charge in [-0.05, 0) is 45.4 Å². The van der Waals surface area contributed by atoms with Crippen molar-refractivity contribution in [2.24, 2.45) is 11.8 Å². The summed E-state index contributed by atoms with van der Waals surface area (Å²) in [6, 6.07) is 1.13. The lowest BCUT2D eigenvalue weighted by atomic mass is 9.72. The molecule has 1 N–H and O–H groups in total. The van der Waals surface area contributed by atoms with E-state index in [2.05, 4.69) is 10.5 Å². The number of piperidine rings is 1. The zero-order valence-corrected chi connectivity index (χ0v) is 14.7. The molecule has 1 aromatic heterocycles. The van der Waals surface area contributed by atoms with Crippen LogP contribution in [0, 0.1) is 11.8 Å². The Labute approximate surface area is 142 Å². The second kappa shape index (κ2) is 6.57. The normalized spacial score (nSPS) is 27.5. The number of amides is 2. The molecular weight excluding hydrogens is 306 g/mol. The minimum absolute atomic E-state index is 0.0700. The quantitative estimate of drug-likeness (QED) is 0.903. The van der Waals surface area contributed by atoms with Crippen molar-refractivity contribution in [3.8, 4) is 0 Å². The third-order valence-electron chi connectivity index (χ3n) is 5.11. The molecule has 3 rings (SSSR count). The van der Waals surface area contributed by atoms with Crippen LogP contribution in [0.25, 0.3) is 0 Å². The number of carbonyl (C=O) groups is 2. The van der Waals surface area contributed by atoms with Gasteiger partial charge in [0.2, 0.25) is 11.7 Å². The maximum Gasteiger partial charge on any atom is 0.293 e. The molecular formula is C18H27N3O3. The van der Waals surface area contributed by atoms with Crippen LogP contribution in [0.2, 0.25) is 0 Å². The summed E-state index contributed by atoms with van der Waals surface area (Å²) >= 11 is 0. The number of nitrogens with one attached hydrogen (secondary N) is 1. The number of carbonyl (C=O) groups excluding carboxylic acids is 2. The molecule has 0 unspecified atom stereocenters. The average Bonchev–Trinajstić information content (AvgIpc) is 3.05. The van der Waals surface area contributed by atoms with E-state index in [0.29, 0.717) is 18.4 Å². The van der Waals surface area contributed by atoms with E-state index in [-0.39, 0.29) is 23.1 Å². The fraction of sp³-hybridized carbons (Fsp3) is 0.722. The number of hydrogen-bond acceptors (Lipinski definition) is 4. The molecule has 1 aliphatic carbocycles. The maximum atomic E-state index is 12.8. The van der Waals surface area contributed by atoms with E-state index in [1.165, 1.54) is 19.0 Å². The summed E-state index contributed by atoms with van der Waals surface area (Å²) in [7, 11) is 0. The summed E-state index contributed by atoms with van der Waals surface area (Å²) in [6.07, 6.45) is 6.94. The predicted molar refractivity (Wildman–Crippen MR) is 89.3 cm³/mol. The number of hydrogen-bond donors (Lipinski definition) is 1. The maximum absolute atomic E-state index is 12.8. The van der Waals surface area contributed by atoms with Crippen LogP contribution in [0.1, 0.15) is 63.4 Å². The van der Waals surface area contributed by atoms with Crippen LogP contribution >= 0.6 is 0 Å². The van der Waals surface area contributed by atoms with Gasteiger partial charge in [0.15, 0.2) is 0 Å². The minimum atomic E-state index is -0.429. The van der Waals surface area contributed by atoms with Crippen molar-refractivity contribution in [3.63, 3.8) is 0 Å². The van der Waals surface area contributed by atoms with Crippen molar-refractivity contribution in [1.29, 1.82) is 0 Å². The highest BCUT2D eigenvalue weighted by Crippen LogP contribution is 2.39. The lowest BCUT2D eigenvalue weighted by Crippen LogP contribution is -2.59. The number of likely N-dealkylation sites (tertiary alicyclic amines) is 1. The molecule has 0 aromatic carbocycles. The fourth-order valence-corrected chi connectivity index (χ4v) is 4.02. The molecule has 1 saturated carbocycles. The van der Waals surface area contributed by atoms with Gasteiger partial charge in [-0.3, -0.25) is 9.59 Å². The van der Waals surface area contributed by atoms with Gasteiger partial charge in [-0.25, -0.2) is 0 Å². The van der Waals surface area contributed by atoms with Crippen LogP contribution in [-0.2, 0) is 4.79 Å². The molecule has 1 aliphatic heterocycles. The molecule has 2 fully saturated rings. The van der Waals surface area contributed by atoms with Crippen LogP contribution in [0.5, 0.6) is 0 Å². The third kappa shape index (κ3) is 3.62. The van der Waals surface area contributed by atoms with E-state index in [1.54, 1.807) is 11.0 Å². The topological polar surface area (TPSA) is 75.4 Å². The predicted octanol–water partition coefficient (Wildman–Crippen LogP) is 2.61. The SMILES string of the molecule is CC(C)(C)NC(=O)[C@@H]1C[C@@H]2CCCC[C@@H]2CN1C(=O)c1ccno1. The van der Waals surface area contributed by atoms with Crippen LogP contribution in [0.15, 0.2) is 16.8 Å². The van der Waals surface area contributed by atoms with Gasteiger partial charge in [-0.15, -0.1) is 0 Å². The van der Waals surface area contributed by atoms with Gasteiger partial charge < -0.3 is 14.7 Å². The van der Waals surface area contributed by atoms with Crippen molar-refractivity contribution in [2.45, 2.75) is 64.5 Å². The standard InChI is InChI=1S/C18H27N3O3/c1-18(2,3)20-16(22)14-10-12-6-4-5-7-13(12)11-21(14)17(23)15-8-9-19-24-15/h8-9,12-14H,4-7,10-11H2,1-3H3,(H,20,22)/t12-,13+,14-/m0/s1. The summed E-state index contributed by atoms with van der Waals surface area (Å²) in [5.74, 6) is 0.931. The Morgan fingerprint density at radius 2 is 1.96 bits per heavy atom. The summed E-state index contributed by atoms with van der Waals surface area (Å²) < 4.78 is 5.04. The van der Waals surface area contributed by atoms with Gasteiger partial charge in [0.1, 0.15) is 6.04 Å². The smallest absolute Gasteiger partial charge is 0.293 e. The van der Waals surface area contributed by atoms with Gasteiger partial charge in [0.25, 0.3) is 5.91 Å². The van der Waals surface area contributed by atoms with Crippen molar-refractivity contribution in [1.82, 2.24) is 15.4 Å². The molecule has 1 aromatic rings. The first-order valence-corrected chi connectivity index (χ1v) is 8.89. The zero-order chi connectivity index (χ0) is 17.3. The van der Waals surface area contributed by atoms with Crippen molar-refractivity contribution >= 4 is 11.8 Å². The number of nitrogens with zero attached hydrogens (tertiary/aromatic N) is 2. The van der Waals surface area contributed by atoms with Gasteiger partial charge in [0.05, 0.1) is 6.20 Å². The molecule has 0 spiro atoms. The Morgan fingerprint density at radius 1 is 1.25 bits per heavy atom. The van der Waals surface area contributed by atoms with E-state index in [4.69, 9.17) is 4.52 Å². The average molecular weight is 333 g/mol. The van der Waals surface area contributed by atoms with Gasteiger partial charge >= 0.3 is 0 Å². The first kappa shape index (κ1) is 17.0. The number of fused-ring (bicyclic) bond motifs is 1. The van der Waals surface area contributed by atoms with E-state index in [9.17, 15) is 9.59 Å². The lowest BCUT2D eigenvalue weighted by molar-refractivity contribution is -0.130. The minimum Gasteiger partial charge on any atom is -0.351 e. The van der Waals surface area contributed by atoms with Crippen LogP contribution in [-0.4, -0.2) is 40.0 Å². The molecule has 2 amide bonds. The summed E-state index contributed by atoms with van der Waals surface area (Å²) in [5, 5.41) is 6.66. The Balaban J connectivity index is 1.83. The summed E-state index contributed by atoms with van der Waals surface area (Å²) in [6.45, 7) is 6.51. The molecule has 0 bridgehead atoms. The molecule has 3 atom stereocenters. The molecule has 132 valence electrons. The molecule has 6 nitrogen and oxygen atoms in total. The Kier molecular flexibility index (Phi) is 4.65. The van der Waals surface area contributed by atoms with Crippen molar-refractivity contribution in [2.75, 3.05) is 6.54 Å². The van der Waals surface area contributed by atoms with Gasteiger partial charge in [-0.2, -0.15) is 0 Å². The Hall–Kier alpha value is -1.85. The first-order chi connectivity index (χ1) is 11.3. The van der Waals surface area contributed by atoms with Crippen LogP contribution in [0.4, 0.5) is 0 Å². The molecule has 0 radical (unpaired) electrons. The lowest BCUT2D eigenvalue weighted by Gasteiger charge is -2.45. The Morgan fingerprint density at radius 3 is 2.58 bits per heavy atom. The molecule has 2 aliphatic rings. The van der Waals surface area contributed by atoms with E-state index < -0.39 is 6.04 Å². The second-order valence-corrected chi connectivity index (χ2v) is 8.13. The molecule has 1 saturated heterocycles. The van der Waals surface area contributed by atoms with E-state index in [0.717, 1.165) is 19.3 Å². The summed E-state index contributed by atoms with van der Waals surface area (Å²) in [5.41, 5.74) is -0.318. The van der Waals surface area contributed by atoms with E-state index >= 15 is 0 Å². The van der Waals surface area contributed by atoms with Crippen molar-refractivity contribution in [3.05, 3.63) is 18.0 Å². The largest absolute Gasteiger partial charge is 0.351 e. The summed E-state index contributed by atoms with van der Waals surface area (Å²) in [4.78, 5) is 27.4. The highest BCUT2D eigenvalue weighted by atomic mass is 16.5. The first-order valence-electron chi connectivity index (χ1n) is 8.89. The monoisotopic (exact) mass is 333 g/mol. The number of rotatable bonds is 2. The van der Waals surface area contributed by atoms with Crippen molar-refractivity contribution < 1.29 is 14.1 Å². The van der Waals surface area contributed by atoms with Gasteiger partial charge in [0, 0.05) is 18.2 Å². The van der Waals surface area contributed by atoms with Crippen LogP contribution in [0.3, 0.4) is 0 Å². The molecule has 6 heteroatoms. The van der Waals surface area contributed by atoms with E-state index in [1.807, 2.05) is 20.8 Å². The zero-order valence-electron chi connectivity index (χ0n) is 14.7. The molecule has 2 heterocycles. The number of aromatic nitrogens is 1. The highest BCUT2D eigenvalue weighted by Gasteiger charge is 2.43.